The van der Waals surface area contributed by atoms with E-state index in [4.69, 9.17) is 16.7 Å². The van der Waals surface area contributed by atoms with Gasteiger partial charge in [-0.1, -0.05) is 0 Å². The highest BCUT2D eigenvalue weighted by molar-refractivity contribution is 5.95. The van der Waals surface area contributed by atoms with Crippen LogP contribution in [-0.2, 0) is 0 Å². The first-order valence-corrected chi connectivity index (χ1v) is 4.98. The third-order valence-electron chi connectivity index (χ3n) is 2.35. The maximum Gasteiger partial charge on any atom is 0.271 e. The molecule has 4 N–H and O–H groups in total. The maximum absolute atomic E-state index is 13.7. The SMILES string of the molecule is N#Cc1cc(F)c(-n2cc(N)c(C(N)=O)n2)c(F)c1. The number of primary amides is 1. The van der Waals surface area contributed by atoms with Gasteiger partial charge in [-0.3, -0.25) is 4.79 Å². The summed E-state index contributed by atoms with van der Waals surface area (Å²) in [6, 6.07) is 3.31. The smallest absolute Gasteiger partial charge is 0.271 e. The average molecular weight is 263 g/mol. The van der Waals surface area contributed by atoms with Gasteiger partial charge < -0.3 is 11.5 Å². The Labute approximate surface area is 105 Å². The first-order valence-electron chi connectivity index (χ1n) is 4.98. The van der Waals surface area contributed by atoms with Crippen LogP contribution in [0.4, 0.5) is 14.5 Å². The summed E-state index contributed by atoms with van der Waals surface area (Å²) in [4.78, 5) is 11.0. The molecule has 1 heterocycles. The Kier molecular flexibility index (Phi) is 2.88. The molecule has 19 heavy (non-hydrogen) atoms. The zero-order valence-corrected chi connectivity index (χ0v) is 9.39. The van der Waals surface area contributed by atoms with Gasteiger partial charge in [0.15, 0.2) is 17.3 Å². The number of nitriles is 1. The minimum Gasteiger partial charge on any atom is -0.396 e. The Balaban J connectivity index is 2.63. The van der Waals surface area contributed by atoms with Crippen molar-refractivity contribution in [2.75, 3.05) is 5.73 Å². The predicted molar refractivity (Wildman–Crippen MR) is 61.1 cm³/mol. The molecular formula is C11H7F2N5O. The number of carbonyl (C=O) groups is 1. The van der Waals surface area contributed by atoms with Gasteiger partial charge in [0.05, 0.1) is 23.5 Å². The molecule has 0 radical (unpaired) electrons. The van der Waals surface area contributed by atoms with Gasteiger partial charge in [0, 0.05) is 0 Å². The van der Waals surface area contributed by atoms with Crippen LogP contribution in [0.3, 0.4) is 0 Å². The molecule has 0 spiro atoms. The molecule has 0 saturated heterocycles. The third kappa shape index (κ3) is 2.09. The van der Waals surface area contributed by atoms with Crippen LogP contribution >= 0.6 is 0 Å². The Bertz CT molecular complexity index is 693. The number of carbonyl (C=O) groups excluding carboxylic acids is 1. The number of nitrogens with zero attached hydrogens (tertiary/aromatic N) is 3. The minimum absolute atomic E-state index is 0.101. The zero-order valence-electron chi connectivity index (χ0n) is 9.39. The second kappa shape index (κ2) is 4.38. The van der Waals surface area contributed by atoms with Crippen molar-refractivity contribution in [3.63, 3.8) is 0 Å². The molecule has 0 aliphatic carbocycles. The number of nitrogen functional groups attached to an aromatic ring is 1. The van der Waals surface area contributed by atoms with Crippen molar-refractivity contribution >= 4 is 11.6 Å². The molecule has 0 saturated carbocycles. The van der Waals surface area contributed by atoms with Crippen LogP contribution in [0.1, 0.15) is 16.1 Å². The molecule has 1 aromatic carbocycles. The number of anilines is 1. The van der Waals surface area contributed by atoms with E-state index in [0.717, 1.165) is 23.0 Å². The molecule has 8 heteroatoms. The van der Waals surface area contributed by atoms with Crippen molar-refractivity contribution in [3.8, 4) is 11.8 Å². The van der Waals surface area contributed by atoms with Crippen molar-refractivity contribution in [1.82, 2.24) is 9.78 Å². The highest BCUT2D eigenvalue weighted by atomic mass is 19.1. The Morgan fingerprint density at radius 2 is 1.95 bits per heavy atom. The van der Waals surface area contributed by atoms with Crippen LogP contribution in [0, 0.1) is 23.0 Å². The van der Waals surface area contributed by atoms with Crippen molar-refractivity contribution in [3.05, 3.63) is 41.2 Å². The number of aromatic nitrogens is 2. The topological polar surface area (TPSA) is 111 Å². The molecular weight excluding hydrogens is 256 g/mol. The van der Waals surface area contributed by atoms with E-state index >= 15 is 0 Å². The number of rotatable bonds is 2. The number of amides is 1. The van der Waals surface area contributed by atoms with Crippen LogP contribution in [0.25, 0.3) is 5.69 Å². The third-order valence-corrected chi connectivity index (χ3v) is 2.35. The van der Waals surface area contributed by atoms with Gasteiger partial charge >= 0.3 is 0 Å². The molecule has 1 aromatic heterocycles. The van der Waals surface area contributed by atoms with Gasteiger partial charge in [0.1, 0.15) is 5.69 Å². The van der Waals surface area contributed by atoms with Crippen LogP contribution in [0.5, 0.6) is 0 Å². The lowest BCUT2D eigenvalue weighted by Gasteiger charge is -2.04. The molecule has 0 atom stereocenters. The summed E-state index contributed by atoms with van der Waals surface area (Å²) < 4.78 is 28.2. The van der Waals surface area contributed by atoms with E-state index in [9.17, 15) is 13.6 Å². The van der Waals surface area contributed by atoms with Gasteiger partial charge in [-0.15, -0.1) is 0 Å². The van der Waals surface area contributed by atoms with E-state index in [1.54, 1.807) is 6.07 Å². The standard InChI is InChI=1S/C11H7F2N5O/c12-6-1-5(3-14)2-7(13)10(6)18-4-8(15)9(17-18)11(16)19/h1-2,4H,15H2,(H2,16,19). The van der Waals surface area contributed by atoms with E-state index in [0.29, 0.717) is 0 Å². The van der Waals surface area contributed by atoms with Crippen molar-refractivity contribution in [2.24, 2.45) is 5.73 Å². The molecule has 0 unspecified atom stereocenters. The van der Waals surface area contributed by atoms with Crippen LogP contribution in [0.2, 0.25) is 0 Å². The van der Waals surface area contributed by atoms with Crippen molar-refractivity contribution < 1.29 is 13.6 Å². The highest BCUT2D eigenvalue weighted by Gasteiger charge is 2.18. The molecule has 0 aliphatic rings. The first-order chi connectivity index (χ1) is 8.93. The van der Waals surface area contributed by atoms with E-state index in [-0.39, 0.29) is 16.9 Å². The monoisotopic (exact) mass is 263 g/mol. The van der Waals surface area contributed by atoms with E-state index in [2.05, 4.69) is 5.10 Å². The molecule has 1 amide bonds. The summed E-state index contributed by atoms with van der Waals surface area (Å²) in [6.07, 6.45) is 1.06. The molecule has 6 nitrogen and oxygen atoms in total. The number of nitrogens with two attached hydrogens (primary N) is 2. The van der Waals surface area contributed by atoms with Crippen LogP contribution in [-0.4, -0.2) is 15.7 Å². The zero-order chi connectivity index (χ0) is 14.2. The Hall–Kier alpha value is -2.95. The fraction of sp³-hybridized carbons (Fsp3) is 0. The summed E-state index contributed by atoms with van der Waals surface area (Å²) in [5, 5.41) is 12.2. The summed E-state index contributed by atoms with van der Waals surface area (Å²) in [6.45, 7) is 0. The Morgan fingerprint density at radius 1 is 1.37 bits per heavy atom. The summed E-state index contributed by atoms with van der Waals surface area (Å²) in [5.41, 5.74) is 9.35. The van der Waals surface area contributed by atoms with Gasteiger partial charge in [0.25, 0.3) is 5.91 Å². The molecule has 2 rings (SSSR count). The number of hydrogen-bond donors (Lipinski definition) is 2. The highest BCUT2D eigenvalue weighted by Crippen LogP contribution is 2.21. The molecule has 0 fully saturated rings. The number of benzene rings is 1. The fourth-order valence-corrected chi connectivity index (χ4v) is 1.54. The normalized spacial score (nSPS) is 10.2. The van der Waals surface area contributed by atoms with E-state index < -0.39 is 23.2 Å². The number of halogens is 2. The van der Waals surface area contributed by atoms with Gasteiger partial charge in [-0.2, -0.15) is 10.4 Å². The van der Waals surface area contributed by atoms with Gasteiger partial charge in [-0.05, 0) is 12.1 Å². The Morgan fingerprint density at radius 3 is 2.37 bits per heavy atom. The maximum atomic E-state index is 13.7. The summed E-state index contributed by atoms with van der Waals surface area (Å²) in [5.74, 6) is -2.92. The minimum atomic E-state index is -1.00. The lowest BCUT2D eigenvalue weighted by molar-refractivity contribution is 0.0996. The molecule has 96 valence electrons. The van der Waals surface area contributed by atoms with Gasteiger partial charge in [-0.25, -0.2) is 13.5 Å². The van der Waals surface area contributed by atoms with Crippen LogP contribution in [0.15, 0.2) is 18.3 Å². The first kappa shape index (κ1) is 12.5. The second-order valence-electron chi connectivity index (χ2n) is 3.64. The molecule has 2 aromatic rings. The van der Waals surface area contributed by atoms with Gasteiger partial charge in [0.2, 0.25) is 0 Å². The van der Waals surface area contributed by atoms with E-state index in [1.165, 1.54) is 0 Å². The van der Waals surface area contributed by atoms with Crippen molar-refractivity contribution in [1.29, 1.82) is 5.26 Å². The van der Waals surface area contributed by atoms with Crippen molar-refractivity contribution in [2.45, 2.75) is 0 Å². The largest absolute Gasteiger partial charge is 0.396 e. The number of hydrogen-bond acceptors (Lipinski definition) is 4. The van der Waals surface area contributed by atoms with E-state index in [1.807, 2.05) is 0 Å². The lowest BCUT2D eigenvalue weighted by atomic mass is 10.2. The average Bonchev–Trinajstić information content (AvgIpc) is 2.70. The predicted octanol–water partition coefficient (Wildman–Crippen LogP) is 0.703. The summed E-state index contributed by atoms with van der Waals surface area (Å²) >= 11 is 0. The quantitative estimate of drug-likeness (QED) is 0.830. The second-order valence-corrected chi connectivity index (χ2v) is 3.64. The van der Waals surface area contributed by atoms with Crippen LogP contribution < -0.4 is 11.5 Å². The lowest BCUT2D eigenvalue weighted by Crippen LogP contribution is -2.14. The molecule has 0 aliphatic heterocycles. The molecule has 0 bridgehead atoms. The fourth-order valence-electron chi connectivity index (χ4n) is 1.54. The summed E-state index contributed by atoms with van der Waals surface area (Å²) in [7, 11) is 0.